The molecule has 2 unspecified atom stereocenters. The maximum Gasteiger partial charge on any atom is 0.280 e. The lowest BCUT2D eigenvalue weighted by atomic mass is 10.2. The van der Waals surface area contributed by atoms with Crippen LogP contribution < -0.4 is 11.1 Å². The van der Waals surface area contributed by atoms with E-state index in [0.29, 0.717) is 33.8 Å². The quantitative estimate of drug-likeness (QED) is 0.477. The summed E-state index contributed by atoms with van der Waals surface area (Å²) in [5.74, 6) is -0.368. The van der Waals surface area contributed by atoms with Gasteiger partial charge in [0.25, 0.3) is 5.91 Å². The van der Waals surface area contributed by atoms with E-state index in [1.165, 1.54) is 11.3 Å². The molecule has 0 saturated heterocycles. The number of thiazole rings is 1. The van der Waals surface area contributed by atoms with Gasteiger partial charge in [0.2, 0.25) is 9.84 Å². The Labute approximate surface area is 207 Å². The Balaban J connectivity index is 0.00000259. The molecular formula is C21H25Cl2N5O3S2. The van der Waals surface area contributed by atoms with Gasteiger partial charge in [0.15, 0.2) is 5.01 Å². The van der Waals surface area contributed by atoms with Crippen molar-refractivity contribution in [3.63, 3.8) is 0 Å². The zero-order valence-corrected chi connectivity index (χ0v) is 21.1. The molecule has 1 amide bonds. The number of aromatic amines is 1. The minimum absolute atomic E-state index is 0. The van der Waals surface area contributed by atoms with E-state index in [-0.39, 0.29) is 29.8 Å². The molecule has 4 N–H and O–H groups in total. The van der Waals surface area contributed by atoms with Crippen molar-refractivity contribution in [1.29, 1.82) is 0 Å². The smallest absolute Gasteiger partial charge is 0.280 e. The number of fused-ring (bicyclic) bond motifs is 2. The molecular weight excluding hydrogens is 505 g/mol. The predicted octanol–water partition coefficient (Wildman–Crippen LogP) is 3.10. The molecule has 0 radical (unpaired) electrons. The van der Waals surface area contributed by atoms with Crippen molar-refractivity contribution >= 4 is 62.0 Å². The fourth-order valence-electron chi connectivity index (χ4n) is 4.58. The van der Waals surface area contributed by atoms with E-state index in [1.54, 1.807) is 24.3 Å². The number of nitrogens with zero attached hydrogens (tertiary/aromatic N) is 2. The summed E-state index contributed by atoms with van der Waals surface area (Å²) in [5.41, 5.74) is 8.15. The number of carbonyl (C=O) groups is 1. The van der Waals surface area contributed by atoms with Crippen molar-refractivity contribution < 1.29 is 13.2 Å². The number of aromatic nitrogens is 2. The Kier molecular flexibility index (Phi) is 6.54. The zero-order valence-electron chi connectivity index (χ0n) is 17.9. The number of rotatable bonds is 4. The second-order valence-corrected chi connectivity index (χ2v) is 12.3. The van der Waals surface area contributed by atoms with Crippen molar-refractivity contribution in [3.05, 3.63) is 44.9 Å². The monoisotopic (exact) mass is 529 g/mol. The van der Waals surface area contributed by atoms with Crippen molar-refractivity contribution in [1.82, 2.24) is 20.2 Å². The van der Waals surface area contributed by atoms with Crippen LogP contribution in [0, 0.1) is 0 Å². The van der Waals surface area contributed by atoms with Crippen LogP contribution in [0.3, 0.4) is 0 Å². The highest BCUT2D eigenvalue weighted by atomic mass is 35.5. The molecule has 178 valence electrons. The van der Waals surface area contributed by atoms with Gasteiger partial charge in [-0.1, -0.05) is 11.6 Å². The molecule has 3 heterocycles. The summed E-state index contributed by atoms with van der Waals surface area (Å²) in [6, 6.07) is 5.96. The Morgan fingerprint density at radius 1 is 1.39 bits per heavy atom. The highest BCUT2D eigenvalue weighted by Gasteiger charge is 2.52. The Bertz CT molecular complexity index is 1320. The second-order valence-electron chi connectivity index (χ2n) is 8.62. The van der Waals surface area contributed by atoms with Gasteiger partial charge in [0.05, 0.1) is 11.7 Å². The molecule has 1 aliphatic carbocycles. The molecule has 1 aromatic carbocycles. The van der Waals surface area contributed by atoms with E-state index in [1.807, 2.05) is 7.05 Å². The lowest BCUT2D eigenvalue weighted by Gasteiger charge is -2.30. The molecule has 2 atom stereocenters. The summed E-state index contributed by atoms with van der Waals surface area (Å²) < 4.78 is 27.2. The van der Waals surface area contributed by atoms with E-state index >= 15 is 0 Å². The van der Waals surface area contributed by atoms with Crippen molar-refractivity contribution in [3.8, 4) is 0 Å². The summed E-state index contributed by atoms with van der Waals surface area (Å²) >= 11 is 7.40. The number of sulfone groups is 1. The predicted molar refractivity (Wildman–Crippen MR) is 132 cm³/mol. The number of hydrogen-bond acceptors (Lipinski definition) is 7. The third-order valence-corrected chi connectivity index (χ3v) is 10.0. The number of nitrogens with two attached hydrogens (primary N) is 1. The van der Waals surface area contributed by atoms with Crippen molar-refractivity contribution in [2.75, 3.05) is 13.6 Å². The summed E-state index contributed by atoms with van der Waals surface area (Å²) in [7, 11) is -1.92. The third kappa shape index (κ3) is 4.17. The summed E-state index contributed by atoms with van der Waals surface area (Å²) in [5, 5.41) is 4.48. The van der Waals surface area contributed by atoms with Gasteiger partial charge < -0.3 is 20.9 Å². The van der Waals surface area contributed by atoms with Crippen LogP contribution in [0.15, 0.2) is 29.3 Å². The Morgan fingerprint density at radius 3 is 2.97 bits per heavy atom. The number of likely N-dealkylation sites (N-methyl/N-ethyl adjacent to an activating group) is 1. The SMILES string of the molecule is CN1CCc2nc(C(=O)NC3CCCC3(N)S(=O)(=O)c3cc4cc(Cl)ccc4[nH]3)sc2C1.Cl. The van der Waals surface area contributed by atoms with Gasteiger partial charge in [-0.25, -0.2) is 13.4 Å². The van der Waals surface area contributed by atoms with Gasteiger partial charge in [0, 0.05) is 40.3 Å². The van der Waals surface area contributed by atoms with Gasteiger partial charge in [-0.15, -0.1) is 23.7 Å². The summed E-state index contributed by atoms with van der Waals surface area (Å²) in [6.45, 7) is 1.67. The van der Waals surface area contributed by atoms with Crippen LogP contribution in [0.1, 0.15) is 39.6 Å². The topological polar surface area (TPSA) is 121 Å². The number of carbonyl (C=O) groups excluding carboxylic acids is 1. The minimum atomic E-state index is -3.96. The van der Waals surface area contributed by atoms with Crippen LogP contribution in [-0.4, -0.2) is 53.7 Å². The van der Waals surface area contributed by atoms with Crippen molar-refractivity contribution in [2.24, 2.45) is 5.73 Å². The van der Waals surface area contributed by atoms with E-state index in [4.69, 9.17) is 17.3 Å². The van der Waals surface area contributed by atoms with Crippen LogP contribution in [0.2, 0.25) is 5.02 Å². The number of H-pyrrole nitrogens is 1. The molecule has 5 rings (SSSR count). The third-order valence-electron chi connectivity index (χ3n) is 6.42. The largest absolute Gasteiger partial charge is 0.346 e. The molecule has 1 fully saturated rings. The zero-order chi connectivity index (χ0) is 22.7. The van der Waals surface area contributed by atoms with E-state index < -0.39 is 20.8 Å². The first kappa shape index (κ1) is 24.4. The number of halogens is 2. The van der Waals surface area contributed by atoms with Crippen molar-refractivity contribution in [2.45, 2.75) is 48.2 Å². The Hall–Kier alpha value is -1.69. The fourth-order valence-corrected chi connectivity index (χ4v) is 7.76. The lowest BCUT2D eigenvalue weighted by Crippen LogP contribution is -2.59. The molecule has 33 heavy (non-hydrogen) atoms. The molecule has 0 bridgehead atoms. The van der Waals surface area contributed by atoms with Crippen LogP contribution in [0.4, 0.5) is 0 Å². The summed E-state index contributed by atoms with van der Waals surface area (Å²) in [4.78, 5) is 22.1. The average Bonchev–Trinajstić information content (AvgIpc) is 3.45. The maximum atomic E-state index is 13.6. The molecule has 12 heteroatoms. The van der Waals surface area contributed by atoms with E-state index in [9.17, 15) is 13.2 Å². The van der Waals surface area contributed by atoms with Crippen LogP contribution >= 0.6 is 35.3 Å². The van der Waals surface area contributed by atoms with Gasteiger partial charge >= 0.3 is 0 Å². The van der Waals surface area contributed by atoms with Gasteiger partial charge in [-0.2, -0.15) is 0 Å². The van der Waals surface area contributed by atoms with Crippen LogP contribution in [0.5, 0.6) is 0 Å². The average molecular weight is 531 g/mol. The van der Waals surface area contributed by atoms with Gasteiger partial charge in [0.1, 0.15) is 9.90 Å². The number of amides is 1. The first-order chi connectivity index (χ1) is 15.2. The lowest BCUT2D eigenvalue weighted by molar-refractivity contribution is 0.0930. The number of nitrogens with one attached hydrogen (secondary N) is 2. The van der Waals surface area contributed by atoms with E-state index in [0.717, 1.165) is 30.1 Å². The highest BCUT2D eigenvalue weighted by molar-refractivity contribution is 7.92. The van der Waals surface area contributed by atoms with E-state index in [2.05, 4.69) is 20.2 Å². The molecule has 0 spiro atoms. The standard InChI is InChI=1S/C21H24ClN5O3S2.ClH/c1-27-8-6-15-16(11-27)31-20(25-15)19(28)26-17-3-2-7-21(17,23)32(29,30)18-10-12-9-13(22)4-5-14(12)24-18;/h4-5,9-10,17,24H,2-3,6-8,11,23H2,1H3,(H,26,28);1H. The Morgan fingerprint density at radius 2 is 2.18 bits per heavy atom. The molecule has 1 saturated carbocycles. The first-order valence-electron chi connectivity index (χ1n) is 10.5. The highest BCUT2D eigenvalue weighted by Crippen LogP contribution is 2.38. The van der Waals surface area contributed by atoms with Gasteiger partial charge in [-0.3, -0.25) is 4.79 Å². The van der Waals surface area contributed by atoms with Crippen LogP contribution in [0.25, 0.3) is 10.9 Å². The molecule has 3 aromatic rings. The fraction of sp³-hybridized carbons (Fsp3) is 0.429. The first-order valence-corrected chi connectivity index (χ1v) is 13.1. The number of hydrogen-bond donors (Lipinski definition) is 3. The van der Waals surface area contributed by atoms with Crippen LogP contribution in [-0.2, 0) is 22.8 Å². The summed E-state index contributed by atoms with van der Waals surface area (Å²) in [6.07, 6.45) is 2.15. The molecule has 2 aromatic heterocycles. The normalized spacial score (nSPS) is 23.3. The number of benzene rings is 1. The van der Waals surface area contributed by atoms with Gasteiger partial charge in [-0.05, 0) is 50.6 Å². The minimum Gasteiger partial charge on any atom is -0.346 e. The molecule has 1 aliphatic heterocycles. The molecule has 2 aliphatic rings. The molecule has 8 nitrogen and oxygen atoms in total. The second kappa shape index (κ2) is 8.83. The maximum absolute atomic E-state index is 13.6.